The molecule has 1 heteroatoms. The van der Waals surface area contributed by atoms with Gasteiger partial charge in [-0.15, -0.1) is 11.3 Å². The summed E-state index contributed by atoms with van der Waals surface area (Å²) in [6.45, 7) is 0. The summed E-state index contributed by atoms with van der Waals surface area (Å²) in [5.74, 6) is 0. The van der Waals surface area contributed by atoms with Gasteiger partial charge < -0.3 is 0 Å². The van der Waals surface area contributed by atoms with Crippen LogP contribution in [-0.2, 0) is 0 Å². The summed E-state index contributed by atoms with van der Waals surface area (Å²) in [5.41, 5.74) is 5.08. The predicted octanol–water partition coefficient (Wildman–Crippen LogP) is 10.8. The standard InChI is InChI=1S/C36H22S/c1-2-11-27-23(9-1)17-18-25-22-32(29-13-5-6-15-31(29)36(25)27)28-12-4-3-10-26(28)24-19-20-35-33(21-24)30-14-7-8-16-34(30)37-35/h1-22H. The molecular formula is C36H22S. The molecule has 0 atom stereocenters. The summed E-state index contributed by atoms with van der Waals surface area (Å²) >= 11 is 1.87. The van der Waals surface area contributed by atoms with E-state index in [2.05, 4.69) is 133 Å². The first kappa shape index (κ1) is 20.7. The Kier molecular flexibility index (Phi) is 4.49. The number of thiophene rings is 1. The van der Waals surface area contributed by atoms with E-state index in [4.69, 9.17) is 0 Å². The summed E-state index contributed by atoms with van der Waals surface area (Å²) < 4.78 is 2.68. The largest absolute Gasteiger partial charge is 0.135 e. The molecule has 0 spiro atoms. The summed E-state index contributed by atoms with van der Waals surface area (Å²) in [6, 6.07) is 49.1. The molecule has 0 unspecified atom stereocenters. The van der Waals surface area contributed by atoms with E-state index in [1.165, 1.54) is 74.7 Å². The first-order valence-electron chi connectivity index (χ1n) is 12.7. The van der Waals surface area contributed by atoms with Gasteiger partial charge in [0.05, 0.1) is 0 Å². The molecule has 37 heavy (non-hydrogen) atoms. The molecule has 0 nitrogen and oxygen atoms in total. The lowest BCUT2D eigenvalue weighted by Gasteiger charge is -2.16. The van der Waals surface area contributed by atoms with Crippen molar-refractivity contribution in [1.29, 1.82) is 0 Å². The van der Waals surface area contributed by atoms with Crippen LogP contribution in [0.1, 0.15) is 0 Å². The highest BCUT2D eigenvalue weighted by molar-refractivity contribution is 7.25. The van der Waals surface area contributed by atoms with Crippen LogP contribution in [-0.4, -0.2) is 0 Å². The van der Waals surface area contributed by atoms with Gasteiger partial charge in [-0.25, -0.2) is 0 Å². The van der Waals surface area contributed by atoms with Crippen LogP contribution < -0.4 is 0 Å². The summed E-state index contributed by atoms with van der Waals surface area (Å²) in [5, 5.41) is 10.5. The molecule has 0 aliphatic carbocycles. The van der Waals surface area contributed by atoms with E-state index in [9.17, 15) is 0 Å². The third-order valence-electron chi connectivity index (χ3n) is 7.65. The molecule has 1 heterocycles. The summed E-state index contributed by atoms with van der Waals surface area (Å²) in [4.78, 5) is 0. The summed E-state index contributed by atoms with van der Waals surface area (Å²) in [6.07, 6.45) is 0. The Bertz CT molecular complexity index is 2140. The topological polar surface area (TPSA) is 0 Å². The molecule has 0 aliphatic rings. The Morgan fingerprint density at radius 3 is 1.89 bits per heavy atom. The lowest BCUT2D eigenvalue weighted by Crippen LogP contribution is -1.89. The summed E-state index contributed by atoms with van der Waals surface area (Å²) in [7, 11) is 0. The fourth-order valence-electron chi connectivity index (χ4n) is 5.96. The number of hydrogen-bond donors (Lipinski definition) is 0. The van der Waals surface area contributed by atoms with Crippen molar-refractivity contribution in [1.82, 2.24) is 0 Å². The number of hydrogen-bond acceptors (Lipinski definition) is 1. The zero-order valence-corrected chi connectivity index (χ0v) is 20.9. The second kappa shape index (κ2) is 8.03. The molecule has 0 saturated heterocycles. The molecule has 1 aromatic heterocycles. The molecule has 7 aromatic carbocycles. The van der Waals surface area contributed by atoms with Gasteiger partial charge in [0, 0.05) is 20.2 Å². The van der Waals surface area contributed by atoms with Gasteiger partial charge in [0.15, 0.2) is 0 Å². The molecule has 0 saturated carbocycles. The highest BCUT2D eigenvalue weighted by Crippen LogP contribution is 2.43. The van der Waals surface area contributed by atoms with Crippen molar-refractivity contribution in [3.05, 3.63) is 133 Å². The van der Waals surface area contributed by atoms with Crippen LogP contribution in [0.3, 0.4) is 0 Å². The molecule has 172 valence electrons. The van der Waals surface area contributed by atoms with E-state index in [1.807, 2.05) is 11.3 Å². The molecule has 8 rings (SSSR count). The maximum atomic E-state index is 2.39. The van der Waals surface area contributed by atoms with Crippen LogP contribution in [0, 0.1) is 0 Å². The number of benzene rings is 7. The van der Waals surface area contributed by atoms with E-state index in [0.29, 0.717) is 0 Å². The highest BCUT2D eigenvalue weighted by Gasteiger charge is 2.15. The fourth-order valence-corrected chi connectivity index (χ4v) is 7.05. The second-order valence-electron chi connectivity index (χ2n) is 9.71. The third kappa shape index (κ3) is 3.15. The zero-order valence-electron chi connectivity index (χ0n) is 20.1. The van der Waals surface area contributed by atoms with Gasteiger partial charge >= 0.3 is 0 Å². The van der Waals surface area contributed by atoms with Gasteiger partial charge in [0.25, 0.3) is 0 Å². The Hall–Kier alpha value is -4.46. The van der Waals surface area contributed by atoms with Crippen molar-refractivity contribution in [2.75, 3.05) is 0 Å². The van der Waals surface area contributed by atoms with Gasteiger partial charge in [-0.05, 0) is 78.8 Å². The molecule has 0 bridgehead atoms. The van der Waals surface area contributed by atoms with E-state index in [0.717, 1.165) is 0 Å². The normalized spacial score (nSPS) is 11.8. The zero-order chi connectivity index (χ0) is 24.3. The fraction of sp³-hybridized carbons (Fsp3) is 0. The number of fused-ring (bicyclic) bond motifs is 8. The minimum atomic E-state index is 1.26. The lowest BCUT2D eigenvalue weighted by molar-refractivity contribution is 1.63. The molecule has 0 radical (unpaired) electrons. The Morgan fingerprint density at radius 1 is 0.351 bits per heavy atom. The minimum Gasteiger partial charge on any atom is -0.135 e. The van der Waals surface area contributed by atoms with Crippen molar-refractivity contribution in [3.63, 3.8) is 0 Å². The van der Waals surface area contributed by atoms with Gasteiger partial charge in [-0.3, -0.25) is 0 Å². The van der Waals surface area contributed by atoms with E-state index >= 15 is 0 Å². The first-order valence-corrected chi connectivity index (χ1v) is 13.5. The smallest absolute Gasteiger partial charge is 0.0355 e. The van der Waals surface area contributed by atoms with Crippen LogP contribution in [0.2, 0.25) is 0 Å². The molecule has 0 fully saturated rings. The minimum absolute atomic E-state index is 1.26. The van der Waals surface area contributed by atoms with Crippen LogP contribution >= 0.6 is 11.3 Å². The van der Waals surface area contributed by atoms with Gasteiger partial charge in [-0.2, -0.15) is 0 Å². The lowest BCUT2D eigenvalue weighted by atomic mass is 9.87. The van der Waals surface area contributed by atoms with E-state index in [1.54, 1.807) is 0 Å². The van der Waals surface area contributed by atoms with Crippen molar-refractivity contribution < 1.29 is 0 Å². The third-order valence-corrected chi connectivity index (χ3v) is 8.80. The Balaban J connectivity index is 1.43. The molecule has 0 amide bonds. The van der Waals surface area contributed by atoms with Crippen molar-refractivity contribution in [2.45, 2.75) is 0 Å². The average molecular weight is 487 g/mol. The first-order chi connectivity index (χ1) is 18.3. The van der Waals surface area contributed by atoms with Crippen LogP contribution in [0.5, 0.6) is 0 Å². The highest BCUT2D eigenvalue weighted by atomic mass is 32.1. The molecule has 0 aliphatic heterocycles. The van der Waals surface area contributed by atoms with Crippen LogP contribution in [0.4, 0.5) is 0 Å². The van der Waals surface area contributed by atoms with Gasteiger partial charge in [0.2, 0.25) is 0 Å². The molecular weight excluding hydrogens is 464 g/mol. The van der Waals surface area contributed by atoms with Crippen LogP contribution in [0.15, 0.2) is 133 Å². The molecule has 0 N–H and O–H groups in total. The van der Waals surface area contributed by atoms with Crippen molar-refractivity contribution in [3.8, 4) is 22.3 Å². The average Bonchev–Trinajstić information content (AvgIpc) is 3.34. The number of rotatable bonds is 2. The maximum absolute atomic E-state index is 2.39. The van der Waals surface area contributed by atoms with Crippen LogP contribution in [0.25, 0.3) is 74.7 Å². The van der Waals surface area contributed by atoms with Gasteiger partial charge in [-0.1, -0.05) is 109 Å². The second-order valence-corrected chi connectivity index (χ2v) is 10.8. The predicted molar refractivity (Wildman–Crippen MR) is 163 cm³/mol. The quantitative estimate of drug-likeness (QED) is 0.213. The monoisotopic (exact) mass is 486 g/mol. The molecule has 8 aromatic rings. The maximum Gasteiger partial charge on any atom is 0.0355 e. The van der Waals surface area contributed by atoms with Gasteiger partial charge in [0.1, 0.15) is 0 Å². The SMILES string of the molecule is c1ccc(-c2cc3ccc4ccccc4c3c3ccccc23)c(-c2ccc3sc4ccccc4c3c2)c1. The van der Waals surface area contributed by atoms with Crippen molar-refractivity contribution >= 4 is 63.8 Å². The van der Waals surface area contributed by atoms with E-state index in [-0.39, 0.29) is 0 Å². The van der Waals surface area contributed by atoms with E-state index < -0.39 is 0 Å². The Morgan fingerprint density at radius 2 is 1.00 bits per heavy atom. The Labute approximate surface area is 219 Å². The van der Waals surface area contributed by atoms with Crippen molar-refractivity contribution in [2.24, 2.45) is 0 Å².